The number of alkyl carbamates (subject to hydrolysis) is 1. The number of ether oxygens (including phenoxy) is 1. The monoisotopic (exact) mass is 255 g/mol. The van der Waals surface area contributed by atoms with E-state index in [2.05, 4.69) is 5.32 Å². The Kier molecular flexibility index (Phi) is 4.16. The van der Waals surface area contributed by atoms with Crippen LogP contribution in [0.5, 0.6) is 5.75 Å². The molecule has 1 unspecified atom stereocenters. The number of rotatable bonds is 2. The zero-order chi connectivity index (χ0) is 13.9. The predicted octanol–water partition coefficient (Wildman–Crippen LogP) is 3.12. The normalized spacial score (nSPS) is 12.9. The molecule has 0 radical (unpaired) electrons. The summed E-state index contributed by atoms with van der Waals surface area (Å²) in [7, 11) is 0. The lowest BCUT2D eigenvalue weighted by Crippen LogP contribution is -2.41. The topological polar surface area (TPSA) is 58.6 Å². The van der Waals surface area contributed by atoms with Gasteiger partial charge < -0.3 is 15.2 Å². The number of phenolic OH excluding ortho intramolecular Hbond substituents is 1. The lowest BCUT2D eigenvalue weighted by atomic mass is 10.1. The third-order valence-electron chi connectivity index (χ3n) is 2.20. The lowest BCUT2D eigenvalue weighted by Gasteiger charge is -2.22. The van der Waals surface area contributed by atoms with E-state index in [0.29, 0.717) is 5.56 Å². The number of phenols is 1. The van der Waals surface area contributed by atoms with Crippen LogP contribution in [0.25, 0.3) is 0 Å². The fraction of sp³-hybridized carbons (Fsp3) is 0.462. The molecule has 0 spiro atoms. The van der Waals surface area contributed by atoms with Crippen molar-refractivity contribution in [3.8, 4) is 5.75 Å². The number of benzene rings is 1. The Hall–Kier alpha value is -1.78. The first-order valence-electron chi connectivity index (χ1n) is 5.66. The molecular weight excluding hydrogens is 237 g/mol. The molecule has 1 amide bonds. The summed E-state index contributed by atoms with van der Waals surface area (Å²) >= 11 is 0. The number of carbonyl (C=O) groups is 1. The first kappa shape index (κ1) is 14.3. The molecule has 2 N–H and O–H groups in total. The molecule has 0 fully saturated rings. The first-order chi connectivity index (χ1) is 8.19. The van der Waals surface area contributed by atoms with Crippen molar-refractivity contribution in [2.24, 2.45) is 0 Å². The summed E-state index contributed by atoms with van der Waals surface area (Å²) in [5.74, 6) is -1.16. The van der Waals surface area contributed by atoms with E-state index in [1.165, 1.54) is 12.1 Å². The van der Waals surface area contributed by atoms with E-state index in [-0.39, 0.29) is 0 Å². The largest absolute Gasteiger partial charge is 0.505 e. The van der Waals surface area contributed by atoms with Crippen LogP contribution in [0.4, 0.5) is 9.18 Å². The molecule has 0 bridgehead atoms. The van der Waals surface area contributed by atoms with Gasteiger partial charge in [-0.3, -0.25) is 0 Å². The maximum absolute atomic E-state index is 13.1. The van der Waals surface area contributed by atoms with E-state index in [0.717, 1.165) is 6.07 Å². The Morgan fingerprint density at radius 1 is 1.44 bits per heavy atom. The molecule has 0 aromatic heterocycles. The van der Waals surface area contributed by atoms with Crippen molar-refractivity contribution in [2.45, 2.75) is 39.3 Å². The van der Waals surface area contributed by atoms with Crippen molar-refractivity contribution < 1.29 is 19.0 Å². The quantitative estimate of drug-likeness (QED) is 0.853. The van der Waals surface area contributed by atoms with Gasteiger partial charge in [-0.15, -0.1) is 0 Å². The second-order valence-corrected chi connectivity index (χ2v) is 5.13. The summed E-state index contributed by atoms with van der Waals surface area (Å²) in [6.07, 6.45) is -1.16. The molecule has 0 aliphatic rings. The summed E-state index contributed by atoms with van der Waals surface area (Å²) in [4.78, 5) is 11.5. The molecule has 0 saturated carbocycles. The van der Waals surface area contributed by atoms with Gasteiger partial charge in [0.15, 0.2) is 11.6 Å². The van der Waals surface area contributed by atoms with Crippen molar-refractivity contribution in [1.82, 2.24) is 5.32 Å². The van der Waals surface area contributed by atoms with Crippen molar-refractivity contribution in [2.75, 3.05) is 0 Å². The van der Waals surface area contributed by atoms with Gasteiger partial charge in [-0.2, -0.15) is 0 Å². The maximum atomic E-state index is 13.1. The van der Waals surface area contributed by atoms with Crippen LogP contribution in [0.15, 0.2) is 18.2 Å². The first-order valence-corrected chi connectivity index (χ1v) is 5.66. The Bertz CT molecular complexity index is 440. The molecule has 4 nitrogen and oxygen atoms in total. The minimum Gasteiger partial charge on any atom is -0.505 e. The van der Waals surface area contributed by atoms with Gasteiger partial charge in [0.25, 0.3) is 0 Å². The minimum absolute atomic E-state index is 0.392. The summed E-state index contributed by atoms with van der Waals surface area (Å²) in [6.45, 7) is 7.13. The second kappa shape index (κ2) is 5.25. The van der Waals surface area contributed by atoms with Gasteiger partial charge in [0.2, 0.25) is 0 Å². The second-order valence-electron chi connectivity index (χ2n) is 5.13. The number of hydrogen-bond donors (Lipinski definition) is 2. The van der Waals surface area contributed by atoms with Crippen LogP contribution in [-0.4, -0.2) is 16.7 Å². The maximum Gasteiger partial charge on any atom is 0.408 e. The Morgan fingerprint density at radius 3 is 2.56 bits per heavy atom. The highest BCUT2D eigenvalue weighted by atomic mass is 19.1. The smallest absolute Gasteiger partial charge is 0.408 e. The molecule has 100 valence electrons. The predicted molar refractivity (Wildman–Crippen MR) is 65.8 cm³/mol. The van der Waals surface area contributed by atoms with E-state index in [1.54, 1.807) is 6.92 Å². The van der Waals surface area contributed by atoms with E-state index in [1.807, 2.05) is 20.8 Å². The Morgan fingerprint density at radius 2 is 2.06 bits per heavy atom. The fourth-order valence-corrected chi connectivity index (χ4v) is 1.34. The molecule has 0 saturated heterocycles. The number of hydrogen-bond acceptors (Lipinski definition) is 3. The molecule has 0 aliphatic carbocycles. The van der Waals surface area contributed by atoms with Crippen molar-refractivity contribution in [3.05, 3.63) is 29.6 Å². The van der Waals surface area contributed by atoms with E-state index in [9.17, 15) is 9.18 Å². The molecule has 1 aromatic carbocycles. The molecule has 0 heterocycles. The van der Waals surface area contributed by atoms with Crippen molar-refractivity contribution >= 4 is 6.09 Å². The van der Waals surface area contributed by atoms with Crippen LogP contribution < -0.4 is 5.32 Å². The minimum atomic E-state index is -0.737. The molecule has 18 heavy (non-hydrogen) atoms. The van der Waals surface area contributed by atoms with Gasteiger partial charge in [0.1, 0.15) is 6.10 Å². The van der Waals surface area contributed by atoms with Crippen LogP contribution in [0.2, 0.25) is 0 Å². The molecule has 1 aromatic rings. The summed E-state index contributed by atoms with van der Waals surface area (Å²) < 4.78 is 18.3. The van der Waals surface area contributed by atoms with Crippen LogP contribution in [0, 0.1) is 5.82 Å². The van der Waals surface area contributed by atoms with Crippen molar-refractivity contribution in [3.63, 3.8) is 0 Å². The average Bonchev–Trinajstić information content (AvgIpc) is 2.18. The molecule has 1 atom stereocenters. The summed E-state index contributed by atoms with van der Waals surface area (Å²) in [5.41, 5.74) is 0.0890. The number of carbonyl (C=O) groups excluding carboxylic acids is 1. The third-order valence-corrected chi connectivity index (χ3v) is 2.20. The fourth-order valence-electron chi connectivity index (χ4n) is 1.34. The van der Waals surface area contributed by atoms with Crippen LogP contribution >= 0.6 is 0 Å². The van der Waals surface area contributed by atoms with Gasteiger partial charge in [-0.05, 0) is 45.4 Å². The average molecular weight is 255 g/mol. The number of halogens is 1. The molecule has 0 aliphatic heterocycles. The highest BCUT2D eigenvalue weighted by molar-refractivity contribution is 5.68. The van der Waals surface area contributed by atoms with E-state index < -0.39 is 29.3 Å². The number of amides is 1. The van der Waals surface area contributed by atoms with Gasteiger partial charge in [0, 0.05) is 5.54 Å². The number of aromatic hydroxyl groups is 1. The van der Waals surface area contributed by atoms with Crippen LogP contribution in [-0.2, 0) is 4.74 Å². The van der Waals surface area contributed by atoms with Gasteiger partial charge >= 0.3 is 6.09 Å². The summed E-state index contributed by atoms with van der Waals surface area (Å²) in [5, 5.41) is 11.7. The van der Waals surface area contributed by atoms with Gasteiger partial charge in [-0.1, -0.05) is 6.07 Å². The van der Waals surface area contributed by atoms with E-state index >= 15 is 0 Å². The number of nitrogens with one attached hydrogen (secondary N) is 1. The zero-order valence-electron chi connectivity index (χ0n) is 11.0. The van der Waals surface area contributed by atoms with Crippen molar-refractivity contribution in [1.29, 1.82) is 0 Å². The zero-order valence-corrected chi connectivity index (χ0v) is 11.0. The van der Waals surface area contributed by atoms with Gasteiger partial charge in [-0.25, -0.2) is 9.18 Å². The highest BCUT2D eigenvalue weighted by Gasteiger charge is 2.18. The lowest BCUT2D eigenvalue weighted by molar-refractivity contribution is 0.0998. The SMILES string of the molecule is CC(OC(=O)NC(C)(C)C)c1ccc(O)c(F)c1. The standard InChI is InChI=1S/C13H18FNO3/c1-8(18-12(17)15-13(2,3)4)9-5-6-11(16)10(14)7-9/h5-8,16H,1-4H3,(H,15,17). The Labute approximate surface area is 106 Å². The molecule has 1 rings (SSSR count). The van der Waals surface area contributed by atoms with Gasteiger partial charge in [0.05, 0.1) is 0 Å². The molecule has 5 heteroatoms. The molecular formula is C13H18FNO3. The van der Waals surface area contributed by atoms with E-state index in [4.69, 9.17) is 9.84 Å². The van der Waals surface area contributed by atoms with Crippen LogP contribution in [0.3, 0.4) is 0 Å². The summed E-state index contributed by atoms with van der Waals surface area (Å²) in [6, 6.07) is 3.88. The highest BCUT2D eigenvalue weighted by Crippen LogP contribution is 2.23. The van der Waals surface area contributed by atoms with Crippen LogP contribution in [0.1, 0.15) is 39.4 Å². The Balaban J connectivity index is 2.68. The third kappa shape index (κ3) is 4.24.